The highest BCUT2D eigenvalue weighted by molar-refractivity contribution is 5.58. The molecule has 0 bridgehead atoms. The van der Waals surface area contributed by atoms with Crippen molar-refractivity contribution in [2.75, 3.05) is 13.7 Å². The van der Waals surface area contributed by atoms with Crippen molar-refractivity contribution in [1.82, 2.24) is 4.98 Å². The van der Waals surface area contributed by atoms with Gasteiger partial charge in [0.15, 0.2) is 0 Å². The number of ether oxygens (including phenoxy) is 1. The molecule has 0 unspecified atom stereocenters. The summed E-state index contributed by atoms with van der Waals surface area (Å²) in [5.41, 5.74) is 8.52. The summed E-state index contributed by atoms with van der Waals surface area (Å²) in [7, 11) is 1.69. The van der Waals surface area contributed by atoms with Gasteiger partial charge in [0.05, 0.1) is 12.8 Å². The van der Waals surface area contributed by atoms with Crippen molar-refractivity contribution in [1.29, 1.82) is 0 Å². The summed E-state index contributed by atoms with van der Waals surface area (Å²) in [5.74, 6) is 1.91. The van der Waals surface area contributed by atoms with Crippen LogP contribution >= 0.6 is 0 Å². The van der Waals surface area contributed by atoms with Gasteiger partial charge in [0, 0.05) is 12.0 Å². The van der Waals surface area contributed by atoms with Crippen molar-refractivity contribution in [2.24, 2.45) is 5.73 Å². The molecule has 2 N–H and O–H groups in total. The van der Waals surface area contributed by atoms with Gasteiger partial charge in [0.25, 0.3) is 0 Å². The van der Waals surface area contributed by atoms with Gasteiger partial charge in [-0.05, 0) is 36.2 Å². The van der Waals surface area contributed by atoms with E-state index in [1.165, 1.54) is 0 Å². The van der Waals surface area contributed by atoms with Gasteiger partial charge in [-0.1, -0.05) is 13.8 Å². The third-order valence-electron chi connectivity index (χ3n) is 3.05. The molecule has 1 aromatic carbocycles. The summed E-state index contributed by atoms with van der Waals surface area (Å²) in [6, 6.07) is 5.99. The minimum atomic E-state index is 0.383. The average Bonchev–Trinajstić information content (AvgIpc) is 2.87. The quantitative estimate of drug-likeness (QED) is 0.897. The van der Waals surface area contributed by atoms with Crippen LogP contribution in [-0.2, 0) is 6.42 Å². The van der Waals surface area contributed by atoms with Gasteiger partial charge in [0.1, 0.15) is 12.0 Å². The molecule has 2 rings (SSSR count). The van der Waals surface area contributed by atoms with Crippen LogP contribution in [0.25, 0.3) is 11.5 Å². The van der Waals surface area contributed by atoms with E-state index in [1.54, 1.807) is 13.4 Å². The highest BCUT2D eigenvalue weighted by Gasteiger charge is 2.12. The number of hydrogen-bond acceptors (Lipinski definition) is 4. The Morgan fingerprint density at radius 1 is 1.37 bits per heavy atom. The van der Waals surface area contributed by atoms with E-state index < -0.39 is 0 Å². The van der Waals surface area contributed by atoms with Gasteiger partial charge >= 0.3 is 0 Å². The van der Waals surface area contributed by atoms with E-state index in [2.05, 4.69) is 24.9 Å². The Morgan fingerprint density at radius 3 is 2.79 bits per heavy atom. The number of rotatable bonds is 5. The fourth-order valence-corrected chi connectivity index (χ4v) is 2.02. The number of aromatic nitrogens is 1. The zero-order valence-electron chi connectivity index (χ0n) is 11.6. The lowest BCUT2D eigenvalue weighted by Crippen LogP contribution is -2.02. The van der Waals surface area contributed by atoms with E-state index in [-0.39, 0.29) is 0 Å². The van der Waals surface area contributed by atoms with Crippen molar-refractivity contribution in [3.05, 3.63) is 35.7 Å². The first kappa shape index (κ1) is 13.6. The lowest BCUT2D eigenvalue weighted by atomic mass is 9.99. The normalized spacial score (nSPS) is 11.0. The fourth-order valence-electron chi connectivity index (χ4n) is 2.02. The summed E-state index contributed by atoms with van der Waals surface area (Å²) in [6.45, 7) is 4.85. The summed E-state index contributed by atoms with van der Waals surface area (Å²) in [5, 5.41) is 0. The lowest BCUT2D eigenvalue weighted by molar-refractivity contribution is 0.407. The third kappa shape index (κ3) is 2.96. The highest BCUT2D eigenvalue weighted by Crippen LogP contribution is 2.31. The van der Waals surface area contributed by atoms with E-state index in [9.17, 15) is 0 Å². The molecule has 0 atom stereocenters. The second-order valence-corrected chi connectivity index (χ2v) is 4.79. The maximum atomic E-state index is 5.51. The molecule has 0 aliphatic heterocycles. The number of hydrogen-bond donors (Lipinski definition) is 1. The molecule has 19 heavy (non-hydrogen) atoms. The maximum absolute atomic E-state index is 5.51. The van der Waals surface area contributed by atoms with Crippen molar-refractivity contribution >= 4 is 0 Å². The van der Waals surface area contributed by atoms with Crippen LogP contribution in [0, 0.1) is 0 Å². The molecule has 0 spiro atoms. The van der Waals surface area contributed by atoms with E-state index in [0.29, 0.717) is 18.4 Å². The average molecular weight is 260 g/mol. The molecule has 0 saturated heterocycles. The van der Waals surface area contributed by atoms with Crippen LogP contribution in [0.1, 0.15) is 31.0 Å². The molecular weight excluding hydrogens is 240 g/mol. The first-order chi connectivity index (χ1) is 9.15. The standard InChI is InChI=1S/C15H20N2O2/c1-10(2)13-8-11(4-5-14(13)18-3)15-17-12(6-7-16)9-19-15/h4-5,8-10H,6-7,16H2,1-3H3. The molecule has 0 radical (unpaired) electrons. The first-order valence-corrected chi connectivity index (χ1v) is 6.48. The number of nitrogens with two attached hydrogens (primary N) is 1. The number of nitrogens with zero attached hydrogens (tertiary/aromatic N) is 1. The maximum Gasteiger partial charge on any atom is 0.226 e. The van der Waals surface area contributed by atoms with Crippen LogP contribution in [0.4, 0.5) is 0 Å². The van der Waals surface area contributed by atoms with Crippen LogP contribution in [0.15, 0.2) is 28.9 Å². The van der Waals surface area contributed by atoms with Gasteiger partial charge in [-0.2, -0.15) is 0 Å². The molecule has 4 heteroatoms. The number of oxazole rings is 1. The Morgan fingerprint density at radius 2 is 2.16 bits per heavy atom. The van der Waals surface area contributed by atoms with Crippen molar-refractivity contribution in [3.63, 3.8) is 0 Å². The second kappa shape index (κ2) is 5.89. The molecule has 0 amide bonds. The summed E-state index contributed by atoms with van der Waals surface area (Å²) >= 11 is 0. The van der Waals surface area contributed by atoms with E-state index >= 15 is 0 Å². The van der Waals surface area contributed by atoms with Crippen LogP contribution in [-0.4, -0.2) is 18.6 Å². The summed E-state index contributed by atoms with van der Waals surface area (Å²) in [4.78, 5) is 4.44. The molecule has 2 aromatic rings. The van der Waals surface area contributed by atoms with Gasteiger partial charge in [-0.3, -0.25) is 0 Å². The topological polar surface area (TPSA) is 61.3 Å². The van der Waals surface area contributed by atoms with Crippen LogP contribution in [0.5, 0.6) is 5.75 Å². The SMILES string of the molecule is COc1ccc(-c2nc(CCN)co2)cc1C(C)C. The molecule has 1 heterocycles. The Labute approximate surface area is 113 Å². The van der Waals surface area contributed by atoms with Crippen molar-refractivity contribution < 1.29 is 9.15 Å². The Balaban J connectivity index is 2.36. The first-order valence-electron chi connectivity index (χ1n) is 6.48. The zero-order chi connectivity index (χ0) is 13.8. The van der Waals surface area contributed by atoms with Crippen molar-refractivity contribution in [2.45, 2.75) is 26.2 Å². The monoisotopic (exact) mass is 260 g/mol. The predicted molar refractivity (Wildman–Crippen MR) is 75.3 cm³/mol. The Bertz CT molecular complexity index is 547. The second-order valence-electron chi connectivity index (χ2n) is 4.79. The van der Waals surface area contributed by atoms with Gasteiger partial charge < -0.3 is 14.9 Å². The molecule has 0 aliphatic rings. The van der Waals surface area contributed by atoms with Gasteiger partial charge in [-0.15, -0.1) is 0 Å². The smallest absolute Gasteiger partial charge is 0.226 e. The molecule has 0 aliphatic carbocycles. The Kier molecular flexibility index (Phi) is 4.22. The molecular formula is C15H20N2O2. The minimum Gasteiger partial charge on any atom is -0.496 e. The summed E-state index contributed by atoms with van der Waals surface area (Å²) in [6.07, 6.45) is 2.40. The molecule has 102 valence electrons. The number of benzene rings is 1. The minimum absolute atomic E-state index is 0.383. The highest BCUT2D eigenvalue weighted by atomic mass is 16.5. The molecule has 1 aromatic heterocycles. The van der Waals surface area contributed by atoms with Gasteiger partial charge in [-0.25, -0.2) is 4.98 Å². The zero-order valence-corrected chi connectivity index (χ0v) is 11.6. The third-order valence-corrected chi connectivity index (χ3v) is 3.05. The predicted octanol–water partition coefficient (Wildman–Crippen LogP) is 2.97. The van der Waals surface area contributed by atoms with Crippen molar-refractivity contribution in [3.8, 4) is 17.2 Å². The molecule has 0 saturated carbocycles. The van der Waals surface area contributed by atoms with Crippen LogP contribution in [0.2, 0.25) is 0 Å². The van der Waals surface area contributed by atoms with Gasteiger partial charge in [0.2, 0.25) is 5.89 Å². The largest absolute Gasteiger partial charge is 0.496 e. The van der Waals surface area contributed by atoms with E-state index in [4.69, 9.17) is 14.9 Å². The lowest BCUT2D eigenvalue weighted by Gasteiger charge is -2.12. The van der Waals surface area contributed by atoms with Crippen LogP contribution in [0.3, 0.4) is 0 Å². The molecule has 4 nitrogen and oxygen atoms in total. The van der Waals surface area contributed by atoms with E-state index in [1.807, 2.05) is 12.1 Å². The van der Waals surface area contributed by atoms with E-state index in [0.717, 1.165) is 29.0 Å². The summed E-state index contributed by atoms with van der Waals surface area (Å²) < 4.78 is 10.9. The van der Waals surface area contributed by atoms with Crippen LogP contribution < -0.4 is 10.5 Å². The molecule has 0 fully saturated rings. The Hall–Kier alpha value is -1.81. The number of methoxy groups -OCH3 is 1. The fraction of sp³-hybridized carbons (Fsp3) is 0.400.